The van der Waals surface area contributed by atoms with Gasteiger partial charge >= 0.3 is 0 Å². The smallest absolute Gasteiger partial charge is 0.0810 e. The summed E-state index contributed by atoms with van der Waals surface area (Å²) in [5, 5.41) is 0. The summed E-state index contributed by atoms with van der Waals surface area (Å²) in [7, 11) is 0. The van der Waals surface area contributed by atoms with Crippen molar-refractivity contribution < 1.29 is 4.74 Å². The van der Waals surface area contributed by atoms with E-state index in [-0.39, 0.29) is 5.60 Å². The highest BCUT2D eigenvalue weighted by atomic mass is 16.5. The van der Waals surface area contributed by atoms with Crippen LogP contribution in [0.4, 0.5) is 0 Å². The Morgan fingerprint density at radius 2 is 2.29 bits per heavy atom. The molecule has 1 aliphatic carbocycles. The third kappa shape index (κ3) is 2.96. The molecule has 0 radical (unpaired) electrons. The molecule has 3 atom stereocenters. The monoisotopic (exact) mass is 199 g/mol. The van der Waals surface area contributed by atoms with E-state index in [2.05, 4.69) is 20.8 Å². The van der Waals surface area contributed by atoms with Crippen LogP contribution in [0.3, 0.4) is 0 Å². The van der Waals surface area contributed by atoms with Gasteiger partial charge in [-0.3, -0.25) is 0 Å². The first-order valence-corrected chi connectivity index (χ1v) is 6.00. The first-order chi connectivity index (χ1) is 6.62. The van der Waals surface area contributed by atoms with Crippen molar-refractivity contribution in [2.45, 2.75) is 64.6 Å². The summed E-state index contributed by atoms with van der Waals surface area (Å²) in [5.74, 6) is 0.785. The van der Waals surface area contributed by atoms with Crippen LogP contribution < -0.4 is 5.73 Å². The van der Waals surface area contributed by atoms with Crippen molar-refractivity contribution in [3.05, 3.63) is 0 Å². The van der Waals surface area contributed by atoms with E-state index in [0.717, 1.165) is 25.2 Å². The van der Waals surface area contributed by atoms with Gasteiger partial charge in [0.1, 0.15) is 0 Å². The molecule has 1 rings (SSSR count). The molecule has 0 aromatic heterocycles. The van der Waals surface area contributed by atoms with Crippen LogP contribution in [0.15, 0.2) is 0 Å². The van der Waals surface area contributed by atoms with Crippen LogP contribution in [0.1, 0.15) is 52.9 Å². The zero-order valence-corrected chi connectivity index (χ0v) is 9.88. The molecule has 2 heteroatoms. The summed E-state index contributed by atoms with van der Waals surface area (Å²) in [5.41, 5.74) is 5.86. The summed E-state index contributed by atoms with van der Waals surface area (Å²) in [6, 6.07) is 0. The van der Waals surface area contributed by atoms with Gasteiger partial charge in [0.15, 0.2) is 0 Å². The molecule has 84 valence electrons. The molecule has 0 spiro atoms. The first kappa shape index (κ1) is 12.0. The molecule has 0 saturated heterocycles. The zero-order valence-electron chi connectivity index (χ0n) is 9.88. The molecule has 0 aliphatic heterocycles. The standard InChI is InChI=1S/C12H25NO/c1-4-5-11(3)14-12(9-13)7-6-10(2)8-12/h10-11H,4-9,13H2,1-3H3. The maximum atomic E-state index is 6.13. The summed E-state index contributed by atoms with van der Waals surface area (Å²) in [6.07, 6.45) is 6.29. The van der Waals surface area contributed by atoms with Crippen LogP contribution in [0.2, 0.25) is 0 Å². The number of nitrogens with two attached hydrogens (primary N) is 1. The Morgan fingerprint density at radius 1 is 1.57 bits per heavy atom. The molecule has 1 saturated carbocycles. The van der Waals surface area contributed by atoms with Crippen molar-refractivity contribution >= 4 is 0 Å². The Kier molecular flexibility index (Phi) is 4.39. The van der Waals surface area contributed by atoms with Crippen molar-refractivity contribution in [1.29, 1.82) is 0 Å². The molecule has 3 unspecified atom stereocenters. The summed E-state index contributed by atoms with van der Waals surface area (Å²) >= 11 is 0. The number of rotatable bonds is 5. The minimum absolute atomic E-state index is 0.00794. The number of hydrogen-bond acceptors (Lipinski definition) is 2. The fraction of sp³-hybridized carbons (Fsp3) is 1.00. The lowest BCUT2D eigenvalue weighted by atomic mass is 10.00. The Bertz CT molecular complexity index is 172. The van der Waals surface area contributed by atoms with E-state index in [1.807, 2.05) is 0 Å². The van der Waals surface area contributed by atoms with Gasteiger partial charge in [-0.05, 0) is 38.5 Å². The highest BCUT2D eigenvalue weighted by Crippen LogP contribution is 2.37. The van der Waals surface area contributed by atoms with E-state index in [4.69, 9.17) is 10.5 Å². The number of hydrogen-bond donors (Lipinski definition) is 1. The van der Waals surface area contributed by atoms with E-state index in [1.54, 1.807) is 0 Å². The van der Waals surface area contributed by atoms with Crippen LogP contribution in [-0.4, -0.2) is 18.2 Å². The lowest BCUT2D eigenvalue weighted by molar-refractivity contribution is -0.0814. The van der Waals surface area contributed by atoms with Crippen LogP contribution in [0.25, 0.3) is 0 Å². The van der Waals surface area contributed by atoms with Crippen LogP contribution in [-0.2, 0) is 4.74 Å². The molecule has 0 aromatic carbocycles. The van der Waals surface area contributed by atoms with Gasteiger partial charge in [0.05, 0.1) is 11.7 Å². The van der Waals surface area contributed by atoms with Gasteiger partial charge in [0.25, 0.3) is 0 Å². The van der Waals surface area contributed by atoms with Crippen LogP contribution in [0, 0.1) is 5.92 Å². The van der Waals surface area contributed by atoms with Gasteiger partial charge < -0.3 is 10.5 Å². The van der Waals surface area contributed by atoms with E-state index in [0.29, 0.717) is 12.6 Å². The average Bonchev–Trinajstić information content (AvgIpc) is 2.48. The summed E-state index contributed by atoms with van der Waals surface area (Å²) in [6.45, 7) is 7.35. The molecule has 2 nitrogen and oxygen atoms in total. The topological polar surface area (TPSA) is 35.2 Å². The molecule has 2 N–H and O–H groups in total. The average molecular weight is 199 g/mol. The maximum Gasteiger partial charge on any atom is 0.0810 e. The van der Waals surface area contributed by atoms with Gasteiger partial charge in [-0.2, -0.15) is 0 Å². The molecule has 1 fully saturated rings. The summed E-state index contributed by atoms with van der Waals surface area (Å²) < 4.78 is 6.13. The largest absolute Gasteiger partial charge is 0.371 e. The highest BCUT2D eigenvalue weighted by molar-refractivity contribution is 4.91. The van der Waals surface area contributed by atoms with Crippen molar-refractivity contribution in [2.75, 3.05) is 6.54 Å². The molecular weight excluding hydrogens is 174 g/mol. The van der Waals surface area contributed by atoms with Crippen molar-refractivity contribution in [3.8, 4) is 0 Å². The fourth-order valence-corrected chi connectivity index (χ4v) is 2.58. The first-order valence-electron chi connectivity index (χ1n) is 6.00. The predicted octanol–water partition coefficient (Wildman–Crippen LogP) is 2.71. The number of ether oxygens (including phenoxy) is 1. The third-order valence-electron chi connectivity index (χ3n) is 3.33. The third-order valence-corrected chi connectivity index (χ3v) is 3.33. The maximum absolute atomic E-state index is 6.13. The second kappa shape index (κ2) is 5.13. The van der Waals surface area contributed by atoms with Crippen molar-refractivity contribution in [2.24, 2.45) is 11.7 Å². The second-order valence-corrected chi connectivity index (χ2v) is 4.95. The van der Waals surface area contributed by atoms with E-state index in [9.17, 15) is 0 Å². The normalized spacial score (nSPS) is 34.7. The minimum atomic E-state index is 0.00794. The highest BCUT2D eigenvalue weighted by Gasteiger charge is 2.38. The van der Waals surface area contributed by atoms with E-state index >= 15 is 0 Å². The quantitative estimate of drug-likeness (QED) is 0.739. The molecule has 0 heterocycles. The Hall–Kier alpha value is -0.0800. The van der Waals surface area contributed by atoms with Gasteiger partial charge in [-0.25, -0.2) is 0 Å². The molecule has 0 aromatic rings. The van der Waals surface area contributed by atoms with Gasteiger partial charge in [0.2, 0.25) is 0 Å². The van der Waals surface area contributed by atoms with E-state index in [1.165, 1.54) is 12.8 Å². The van der Waals surface area contributed by atoms with Crippen molar-refractivity contribution in [3.63, 3.8) is 0 Å². The fourth-order valence-electron chi connectivity index (χ4n) is 2.58. The van der Waals surface area contributed by atoms with Crippen LogP contribution in [0.5, 0.6) is 0 Å². The lowest BCUT2D eigenvalue weighted by Gasteiger charge is -2.31. The Balaban J connectivity index is 2.45. The summed E-state index contributed by atoms with van der Waals surface area (Å²) in [4.78, 5) is 0. The SMILES string of the molecule is CCCC(C)OC1(CN)CCC(C)C1. The lowest BCUT2D eigenvalue weighted by Crippen LogP contribution is -2.40. The van der Waals surface area contributed by atoms with E-state index < -0.39 is 0 Å². The Labute approximate surface area is 88.2 Å². The Morgan fingerprint density at radius 3 is 2.71 bits per heavy atom. The zero-order chi connectivity index (χ0) is 10.6. The van der Waals surface area contributed by atoms with Gasteiger partial charge in [0, 0.05) is 6.54 Å². The second-order valence-electron chi connectivity index (χ2n) is 4.95. The van der Waals surface area contributed by atoms with Gasteiger partial charge in [-0.1, -0.05) is 20.3 Å². The molecule has 0 bridgehead atoms. The molecule has 0 amide bonds. The van der Waals surface area contributed by atoms with Gasteiger partial charge in [-0.15, -0.1) is 0 Å². The molecule has 1 aliphatic rings. The minimum Gasteiger partial charge on any atom is -0.371 e. The molecule has 14 heavy (non-hydrogen) atoms. The predicted molar refractivity (Wildman–Crippen MR) is 60.3 cm³/mol. The van der Waals surface area contributed by atoms with Crippen molar-refractivity contribution in [1.82, 2.24) is 0 Å². The molecular formula is C12H25NO. The van der Waals surface area contributed by atoms with Crippen LogP contribution >= 0.6 is 0 Å².